The Labute approximate surface area is 124 Å². The molecule has 2 fully saturated rings. The fourth-order valence-electron chi connectivity index (χ4n) is 4.70. The molecule has 3 nitrogen and oxygen atoms in total. The number of ether oxygens (including phenoxy) is 2. The van der Waals surface area contributed by atoms with Gasteiger partial charge in [0.15, 0.2) is 0 Å². The van der Waals surface area contributed by atoms with Gasteiger partial charge >= 0.3 is 0 Å². The first-order valence-corrected chi connectivity index (χ1v) is 8.13. The minimum atomic E-state index is -0.171. The molecule has 1 heterocycles. The minimum Gasteiger partial charge on any atom is -0.377 e. The summed E-state index contributed by atoms with van der Waals surface area (Å²) in [6.45, 7) is 11.0. The molecule has 0 radical (unpaired) electrons. The van der Waals surface area contributed by atoms with Crippen molar-refractivity contribution < 1.29 is 9.47 Å². The van der Waals surface area contributed by atoms with Crippen LogP contribution >= 0.6 is 0 Å². The predicted molar refractivity (Wildman–Crippen MR) is 82.7 cm³/mol. The zero-order chi connectivity index (χ0) is 15.2. The molecule has 0 aromatic carbocycles. The monoisotopic (exact) mass is 283 g/mol. The molecule has 4 atom stereocenters. The Balaban J connectivity index is 2.22. The van der Waals surface area contributed by atoms with Crippen LogP contribution in [-0.2, 0) is 9.47 Å². The van der Waals surface area contributed by atoms with E-state index >= 15 is 0 Å². The van der Waals surface area contributed by atoms with E-state index in [1.807, 2.05) is 7.11 Å². The molecule has 0 aromatic rings. The van der Waals surface area contributed by atoms with Gasteiger partial charge in [-0.05, 0) is 52.9 Å². The third-order valence-corrected chi connectivity index (χ3v) is 5.58. The van der Waals surface area contributed by atoms with Crippen LogP contribution in [-0.4, -0.2) is 30.0 Å². The summed E-state index contributed by atoms with van der Waals surface area (Å²) in [7, 11) is 1.84. The Morgan fingerprint density at radius 2 is 1.85 bits per heavy atom. The maximum Gasteiger partial charge on any atom is 0.0835 e. The van der Waals surface area contributed by atoms with Gasteiger partial charge in [-0.25, -0.2) is 0 Å². The summed E-state index contributed by atoms with van der Waals surface area (Å²) in [6.07, 6.45) is 5.70. The van der Waals surface area contributed by atoms with Crippen molar-refractivity contribution in [3.8, 4) is 0 Å². The molecule has 20 heavy (non-hydrogen) atoms. The summed E-state index contributed by atoms with van der Waals surface area (Å²) in [5.74, 6) is 1.05. The fourth-order valence-corrected chi connectivity index (χ4v) is 4.70. The normalized spacial score (nSPS) is 41.5. The SMILES string of the molecule is COC1(C(N)C2CC(C)(C)OC2(C)C)CCCC(C)C1. The standard InChI is InChI=1S/C17H33NO2/c1-12-8-7-9-17(10-12,19-6)14(18)13-11-15(2,3)20-16(13,4)5/h12-14H,7-11,18H2,1-6H3. The summed E-state index contributed by atoms with van der Waals surface area (Å²) < 4.78 is 12.2. The van der Waals surface area contributed by atoms with E-state index in [2.05, 4.69) is 34.6 Å². The molecular formula is C17H33NO2. The summed E-state index contributed by atoms with van der Waals surface area (Å²) in [6, 6.07) is 0.0482. The van der Waals surface area contributed by atoms with Crippen molar-refractivity contribution in [1.82, 2.24) is 0 Å². The number of hydrogen-bond acceptors (Lipinski definition) is 3. The van der Waals surface area contributed by atoms with E-state index in [4.69, 9.17) is 15.2 Å². The molecule has 1 saturated heterocycles. The second-order valence-corrected chi connectivity index (χ2v) is 8.27. The molecule has 2 rings (SSSR count). The molecule has 4 unspecified atom stereocenters. The highest BCUT2D eigenvalue weighted by molar-refractivity contribution is 5.06. The van der Waals surface area contributed by atoms with Crippen molar-refractivity contribution in [2.75, 3.05) is 7.11 Å². The highest BCUT2D eigenvalue weighted by Gasteiger charge is 2.54. The fraction of sp³-hybridized carbons (Fsp3) is 1.00. The van der Waals surface area contributed by atoms with Gasteiger partial charge in [-0.2, -0.15) is 0 Å². The van der Waals surface area contributed by atoms with Crippen LogP contribution in [0.3, 0.4) is 0 Å². The third-order valence-electron chi connectivity index (χ3n) is 5.58. The van der Waals surface area contributed by atoms with Crippen LogP contribution in [0, 0.1) is 11.8 Å². The van der Waals surface area contributed by atoms with Gasteiger partial charge in [0.1, 0.15) is 0 Å². The van der Waals surface area contributed by atoms with E-state index in [-0.39, 0.29) is 22.8 Å². The molecular weight excluding hydrogens is 250 g/mol. The van der Waals surface area contributed by atoms with Gasteiger partial charge in [0.2, 0.25) is 0 Å². The largest absolute Gasteiger partial charge is 0.377 e. The lowest BCUT2D eigenvalue weighted by Gasteiger charge is -2.47. The molecule has 118 valence electrons. The van der Waals surface area contributed by atoms with Gasteiger partial charge in [0, 0.05) is 19.1 Å². The second-order valence-electron chi connectivity index (χ2n) is 8.27. The van der Waals surface area contributed by atoms with Gasteiger partial charge in [0.05, 0.1) is 16.8 Å². The molecule has 0 aromatic heterocycles. The molecule has 0 spiro atoms. The van der Waals surface area contributed by atoms with Crippen LogP contribution in [0.4, 0.5) is 0 Å². The van der Waals surface area contributed by atoms with Crippen LogP contribution in [0.5, 0.6) is 0 Å². The van der Waals surface area contributed by atoms with Crippen LogP contribution in [0.2, 0.25) is 0 Å². The molecule has 1 saturated carbocycles. The average Bonchev–Trinajstić information content (AvgIpc) is 2.56. The molecule has 2 N–H and O–H groups in total. The Morgan fingerprint density at radius 3 is 2.30 bits per heavy atom. The molecule has 3 heteroatoms. The molecule has 0 bridgehead atoms. The Hall–Kier alpha value is -0.120. The van der Waals surface area contributed by atoms with Gasteiger partial charge < -0.3 is 15.2 Å². The summed E-state index contributed by atoms with van der Waals surface area (Å²) in [5, 5.41) is 0. The maximum atomic E-state index is 6.75. The van der Waals surface area contributed by atoms with E-state index in [0.717, 1.165) is 19.3 Å². The first-order valence-electron chi connectivity index (χ1n) is 8.13. The highest BCUT2D eigenvalue weighted by Crippen LogP contribution is 2.48. The van der Waals surface area contributed by atoms with Crippen molar-refractivity contribution in [1.29, 1.82) is 0 Å². The number of nitrogens with two attached hydrogens (primary N) is 1. The van der Waals surface area contributed by atoms with Crippen molar-refractivity contribution in [3.05, 3.63) is 0 Å². The van der Waals surface area contributed by atoms with E-state index < -0.39 is 0 Å². The number of methoxy groups -OCH3 is 1. The lowest BCUT2D eigenvalue weighted by Crippen LogP contribution is -2.58. The summed E-state index contributed by atoms with van der Waals surface area (Å²) >= 11 is 0. The van der Waals surface area contributed by atoms with Crippen molar-refractivity contribution in [2.24, 2.45) is 17.6 Å². The topological polar surface area (TPSA) is 44.5 Å². The quantitative estimate of drug-likeness (QED) is 0.862. The highest BCUT2D eigenvalue weighted by atomic mass is 16.5. The molecule has 1 aliphatic carbocycles. The lowest BCUT2D eigenvalue weighted by molar-refractivity contribution is -0.112. The lowest BCUT2D eigenvalue weighted by atomic mass is 9.67. The Morgan fingerprint density at radius 1 is 1.20 bits per heavy atom. The van der Waals surface area contributed by atoms with E-state index in [9.17, 15) is 0 Å². The van der Waals surface area contributed by atoms with Crippen LogP contribution < -0.4 is 5.73 Å². The van der Waals surface area contributed by atoms with Gasteiger partial charge in [-0.15, -0.1) is 0 Å². The van der Waals surface area contributed by atoms with E-state index in [1.165, 1.54) is 12.8 Å². The minimum absolute atomic E-state index is 0.0482. The first kappa shape index (κ1) is 16.3. The Kier molecular flexibility index (Phi) is 4.27. The van der Waals surface area contributed by atoms with Gasteiger partial charge in [-0.1, -0.05) is 19.8 Å². The third kappa shape index (κ3) is 2.90. The maximum absolute atomic E-state index is 6.75. The van der Waals surface area contributed by atoms with E-state index in [0.29, 0.717) is 11.8 Å². The average molecular weight is 283 g/mol. The molecule has 2 aliphatic rings. The zero-order valence-electron chi connectivity index (χ0n) is 14.2. The first-order chi connectivity index (χ1) is 9.12. The van der Waals surface area contributed by atoms with Crippen LogP contribution in [0.1, 0.15) is 66.7 Å². The molecule has 0 amide bonds. The van der Waals surface area contributed by atoms with Crippen molar-refractivity contribution >= 4 is 0 Å². The number of hydrogen-bond donors (Lipinski definition) is 1. The zero-order valence-corrected chi connectivity index (χ0v) is 14.2. The van der Waals surface area contributed by atoms with E-state index in [1.54, 1.807) is 0 Å². The van der Waals surface area contributed by atoms with Crippen LogP contribution in [0.15, 0.2) is 0 Å². The van der Waals surface area contributed by atoms with Gasteiger partial charge in [0.25, 0.3) is 0 Å². The van der Waals surface area contributed by atoms with Crippen LogP contribution in [0.25, 0.3) is 0 Å². The van der Waals surface area contributed by atoms with Gasteiger partial charge in [-0.3, -0.25) is 0 Å². The summed E-state index contributed by atoms with van der Waals surface area (Å²) in [4.78, 5) is 0. The smallest absolute Gasteiger partial charge is 0.0835 e. The predicted octanol–water partition coefficient (Wildman–Crippen LogP) is 3.50. The second kappa shape index (κ2) is 5.26. The molecule has 1 aliphatic heterocycles. The Bertz CT molecular complexity index is 353. The van der Waals surface area contributed by atoms with Crippen molar-refractivity contribution in [3.63, 3.8) is 0 Å². The van der Waals surface area contributed by atoms with Crippen molar-refractivity contribution in [2.45, 2.75) is 89.6 Å². The summed E-state index contributed by atoms with van der Waals surface area (Å²) in [5.41, 5.74) is 6.34. The number of rotatable bonds is 3.